The largest absolute Gasteiger partial charge is 0.396 e. The highest BCUT2D eigenvalue weighted by atomic mass is 16.3. The predicted molar refractivity (Wildman–Crippen MR) is 56.6 cm³/mol. The molecule has 1 heteroatoms. The topological polar surface area (TPSA) is 20.2 Å². The summed E-state index contributed by atoms with van der Waals surface area (Å²) >= 11 is 0. The van der Waals surface area contributed by atoms with Crippen LogP contribution in [-0.4, -0.2) is 11.7 Å². The Morgan fingerprint density at radius 3 is 2.23 bits per heavy atom. The van der Waals surface area contributed by atoms with Crippen LogP contribution in [0.4, 0.5) is 0 Å². The first kappa shape index (κ1) is 11.0. The average molecular weight is 184 g/mol. The van der Waals surface area contributed by atoms with Gasteiger partial charge in [0, 0.05) is 6.61 Å². The molecule has 13 heavy (non-hydrogen) atoms. The molecule has 0 bridgehead atoms. The third-order valence-electron chi connectivity index (χ3n) is 3.85. The molecule has 1 aliphatic rings. The minimum absolute atomic E-state index is 0.394. The van der Waals surface area contributed by atoms with Gasteiger partial charge in [-0.15, -0.1) is 0 Å². The fourth-order valence-electron chi connectivity index (χ4n) is 2.58. The van der Waals surface area contributed by atoms with Gasteiger partial charge in [-0.2, -0.15) is 0 Å². The maximum absolute atomic E-state index is 9.11. The molecule has 0 heterocycles. The predicted octanol–water partition coefficient (Wildman–Crippen LogP) is 3.22. The smallest absolute Gasteiger partial charge is 0.0467 e. The van der Waals surface area contributed by atoms with Crippen LogP contribution in [0.2, 0.25) is 0 Å². The fraction of sp³-hybridized carbons (Fsp3) is 1.00. The van der Waals surface area contributed by atoms with Crippen LogP contribution in [0.5, 0.6) is 0 Å². The van der Waals surface area contributed by atoms with Crippen molar-refractivity contribution in [2.75, 3.05) is 6.61 Å². The third kappa shape index (κ3) is 2.46. The monoisotopic (exact) mass is 184 g/mol. The summed E-state index contributed by atoms with van der Waals surface area (Å²) in [5, 5.41) is 9.11. The molecular formula is C12H24O. The Bertz CT molecular complexity index is 151. The van der Waals surface area contributed by atoms with Crippen molar-refractivity contribution in [1.82, 2.24) is 0 Å². The van der Waals surface area contributed by atoms with E-state index in [0.29, 0.717) is 17.9 Å². The number of hydrogen-bond acceptors (Lipinski definition) is 1. The lowest BCUT2D eigenvalue weighted by Gasteiger charge is -2.01. The molecule has 0 spiro atoms. The van der Waals surface area contributed by atoms with Gasteiger partial charge in [-0.1, -0.05) is 46.5 Å². The average Bonchev–Trinajstić information content (AvgIpc) is 2.61. The standard InChI is InChI=1S/C12H24O/c1-4-5-6-7-8-10-11(9-13)12(10,2)3/h10-11,13H,4-9H2,1-3H3. The van der Waals surface area contributed by atoms with Crippen LogP contribution < -0.4 is 0 Å². The van der Waals surface area contributed by atoms with E-state index in [1.165, 1.54) is 32.1 Å². The van der Waals surface area contributed by atoms with E-state index in [9.17, 15) is 0 Å². The van der Waals surface area contributed by atoms with Gasteiger partial charge in [0.1, 0.15) is 0 Å². The summed E-state index contributed by atoms with van der Waals surface area (Å²) in [6, 6.07) is 0. The molecule has 0 aromatic heterocycles. The van der Waals surface area contributed by atoms with Crippen molar-refractivity contribution in [3.8, 4) is 0 Å². The van der Waals surface area contributed by atoms with Gasteiger partial charge in [0.15, 0.2) is 0 Å². The molecule has 1 N–H and O–H groups in total. The lowest BCUT2D eigenvalue weighted by atomic mass is 10.0. The Morgan fingerprint density at radius 1 is 1.08 bits per heavy atom. The molecular weight excluding hydrogens is 160 g/mol. The Balaban J connectivity index is 2.10. The number of aliphatic hydroxyl groups is 1. The molecule has 0 aromatic carbocycles. The first-order valence-electron chi connectivity index (χ1n) is 5.75. The summed E-state index contributed by atoms with van der Waals surface area (Å²) in [5.74, 6) is 1.39. The second-order valence-corrected chi connectivity index (χ2v) is 5.07. The molecule has 1 fully saturated rings. The van der Waals surface area contributed by atoms with Gasteiger partial charge in [0.2, 0.25) is 0 Å². The van der Waals surface area contributed by atoms with E-state index in [1.807, 2.05) is 0 Å². The van der Waals surface area contributed by atoms with Crippen molar-refractivity contribution in [3.05, 3.63) is 0 Å². The summed E-state index contributed by atoms with van der Waals surface area (Å²) in [7, 11) is 0. The van der Waals surface area contributed by atoms with Gasteiger partial charge >= 0.3 is 0 Å². The molecule has 1 rings (SSSR count). The van der Waals surface area contributed by atoms with Gasteiger partial charge in [0.05, 0.1) is 0 Å². The Morgan fingerprint density at radius 2 is 1.77 bits per heavy atom. The molecule has 2 unspecified atom stereocenters. The van der Waals surface area contributed by atoms with E-state index < -0.39 is 0 Å². The van der Waals surface area contributed by atoms with Gasteiger partial charge in [-0.05, 0) is 23.7 Å². The van der Waals surface area contributed by atoms with Gasteiger partial charge in [0.25, 0.3) is 0 Å². The van der Waals surface area contributed by atoms with Crippen molar-refractivity contribution in [1.29, 1.82) is 0 Å². The van der Waals surface area contributed by atoms with Crippen LogP contribution in [0.15, 0.2) is 0 Å². The van der Waals surface area contributed by atoms with Crippen LogP contribution in [-0.2, 0) is 0 Å². The van der Waals surface area contributed by atoms with Crippen LogP contribution in [0.3, 0.4) is 0 Å². The Kier molecular flexibility index (Phi) is 3.78. The Labute approximate surface area is 82.5 Å². The number of rotatable bonds is 6. The van der Waals surface area contributed by atoms with Crippen LogP contribution in [0.25, 0.3) is 0 Å². The summed E-state index contributed by atoms with van der Waals surface area (Å²) in [6.07, 6.45) is 6.76. The van der Waals surface area contributed by atoms with Crippen molar-refractivity contribution in [3.63, 3.8) is 0 Å². The molecule has 1 aliphatic carbocycles. The second-order valence-electron chi connectivity index (χ2n) is 5.07. The molecule has 1 nitrogen and oxygen atoms in total. The summed E-state index contributed by atoms with van der Waals surface area (Å²) in [5.41, 5.74) is 0.432. The maximum Gasteiger partial charge on any atom is 0.0467 e. The van der Waals surface area contributed by atoms with E-state index in [1.54, 1.807) is 0 Å². The van der Waals surface area contributed by atoms with Gasteiger partial charge in [-0.3, -0.25) is 0 Å². The van der Waals surface area contributed by atoms with Crippen molar-refractivity contribution in [2.24, 2.45) is 17.3 Å². The van der Waals surface area contributed by atoms with E-state index >= 15 is 0 Å². The van der Waals surface area contributed by atoms with Crippen molar-refractivity contribution >= 4 is 0 Å². The molecule has 2 atom stereocenters. The zero-order chi connectivity index (χ0) is 9.90. The molecule has 0 saturated heterocycles. The number of hydrogen-bond donors (Lipinski definition) is 1. The third-order valence-corrected chi connectivity index (χ3v) is 3.85. The number of unbranched alkanes of at least 4 members (excludes halogenated alkanes) is 3. The molecule has 0 aliphatic heterocycles. The van der Waals surface area contributed by atoms with Crippen LogP contribution >= 0.6 is 0 Å². The van der Waals surface area contributed by atoms with E-state index in [2.05, 4.69) is 20.8 Å². The van der Waals surface area contributed by atoms with E-state index in [4.69, 9.17) is 5.11 Å². The van der Waals surface area contributed by atoms with Crippen LogP contribution in [0.1, 0.15) is 52.9 Å². The first-order chi connectivity index (χ1) is 6.14. The molecule has 0 radical (unpaired) electrons. The Hall–Kier alpha value is -0.0400. The van der Waals surface area contributed by atoms with Crippen LogP contribution in [0, 0.1) is 17.3 Å². The first-order valence-corrected chi connectivity index (χ1v) is 5.75. The lowest BCUT2D eigenvalue weighted by Crippen LogP contribution is -1.93. The van der Waals surface area contributed by atoms with Crippen molar-refractivity contribution < 1.29 is 5.11 Å². The zero-order valence-electron chi connectivity index (χ0n) is 9.34. The second kappa shape index (κ2) is 4.45. The highest BCUT2D eigenvalue weighted by Crippen LogP contribution is 2.60. The number of aliphatic hydroxyl groups excluding tert-OH is 1. The lowest BCUT2D eigenvalue weighted by molar-refractivity contribution is 0.254. The highest BCUT2D eigenvalue weighted by Gasteiger charge is 2.55. The normalized spacial score (nSPS) is 30.5. The van der Waals surface area contributed by atoms with E-state index in [-0.39, 0.29) is 0 Å². The maximum atomic E-state index is 9.11. The summed E-state index contributed by atoms with van der Waals surface area (Å²) in [6.45, 7) is 7.22. The molecule has 78 valence electrons. The molecule has 0 amide bonds. The quantitative estimate of drug-likeness (QED) is 0.628. The van der Waals surface area contributed by atoms with Gasteiger partial charge in [-0.25, -0.2) is 0 Å². The molecule has 0 aromatic rings. The molecule has 1 saturated carbocycles. The van der Waals surface area contributed by atoms with Crippen molar-refractivity contribution in [2.45, 2.75) is 52.9 Å². The fourth-order valence-corrected chi connectivity index (χ4v) is 2.58. The summed E-state index contributed by atoms with van der Waals surface area (Å²) < 4.78 is 0. The minimum Gasteiger partial charge on any atom is -0.396 e. The zero-order valence-corrected chi connectivity index (χ0v) is 9.34. The van der Waals surface area contributed by atoms with Gasteiger partial charge < -0.3 is 5.11 Å². The highest BCUT2D eigenvalue weighted by molar-refractivity contribution is 5.03. The SMILES string of the molecule is CCCCCCC1C(CO)C1(C)C. The summed E-state index contributed by atoms with van der Waals surface area (Å²) in [4.78, 5) is 0. The van der Waals surface area contributed by atoms with E-state index in [0.717, 1.165) is 5.92 Å². The minimum atomic E-state index is 0.394.